The van der Waals surface area contributed by atoms with Crippen molar-refractivity contribution in [3.05, 3.63) is 47.7 Å². The summed E-state index contributed by atoms with van der Waals surface area (Å²) >= 11 is 0. The topological polar surface area (TPSA) is 71.3 Å². The van der Waals surface area contributed by atoms with Crippen LogP contribution >= 0.6 is 0 Å². The number of furan rings is 1. The van der Waals surface area contributed by atoms with Gasteiger partial charge in [-0.3, -0.25) is 4.72 Å². The highest BCUT2D eigenvalue weighted by Gasteiger charge is 2.18. The standard InChI is InChI=1S/C15H20N2O3S/c1-3-9-16-11-14-7-8-15(20-14)21(18,19)17-13-6-4-5-12(2)10-13/h4-8,10,16-17H,3,9,11H2,1-2H3. The summed E-state index contributed by atoms with van der Waals surface area (Å²) in [6.45, 7) is 5.36. The molecule has 0 spiro atoms. The molecule has 0 radical (unpaired) electrons. The van der Waals surface area contributed by atoms with Crippen molar-refractivity contribution in [2.45, 2.75) is 31.9 Å². The molecule has 6 heteroatoms. The predicted octanol–water partition coefficient (Wildman–Crippen LogP) is 2.89. The summed E-state index contributed by atoms with van der Waals surface area (Å²) in [5, 5.41) is 3.09. The highest BCUT2D eigenvalue weighted by molar-refractivity contribution is 7.92. The maximum Gasteiger partial charge on any atom is 0.295 e. The Labute approximate surface area is 125 Å². The van der Waals surface area contributed by atoms with Gasteiger partial charge >= 0.3 is 0 Å². The Hall–Kier alpha value is -1.79. The third kappa shape index (κ3) is 4.34. The van der Waals surface area contributed by atoms with Crippen molar-refractivity contribution in [1.29, 1.82) is 0 Å². The Morgan fingerprint density at radius 2 is 2.00 bits per heavy atom. The van der Waals surface area contributed by atoms with Crippen LogP contribution in [0.4, 0.5) is 5.69 Å². The number of hydrogen-bond donors (Lipinski definition) is 2. The van der Waals surface area contributed by atoms with Gasteiger partial charge in [0.05, 0.1) is 6.54 Å². The molecule has 2 rings (SSSR count). The Kier molecular flexibility index (Phi) is 5.03. The Morgan fingerprint density at radius 3 is 2.71 bits per heavy atom. The van der Waals surface area contributed by atoms with Gasteiger partial charge in [0.15, 0.2) is 0 Å². The first-order chi connectivity index (χ1) is 10.0. The summed E-state index contributed by atoms with van der Waals surface area (Å²) in [6, 6.07) is 10.3. The number of sulfonamides is 1. The Balaban J connectivity index is 2.09. The molecule has 0 fully saturated rings. The maximum absolute atomic E-state index is 12.2. The first-order valence-corrected chi connectivity index (χ1v) is 8.38. The molecule has 0 bridgehead atoms. The SMILES string of the molecule is CCCNCc1ccc(S(=O)(=O)Nc2cccc(C)c2)o1. The van der Waals surface area contributed by atoms with E-state index in [1.807, 2.05) is 13.0 Å². The highest BCUT2D eigenvalue weighted by atomic mass is 32.2. The van der Waals surface area contributed by atoms with E-state index in [0.29, 0.717) is 18.0 Å². The van der Waals surface area contributed by atoms with E-state index in [0.717, 1.165) is 18.5 Å². The molecule has 1 aromatic heterocycles. The van der Waals surface area contributed by atoms with Gasteiger partial charge in [0.2, 0.25) is 5.09 Å². The van der Waals surface area contributed by atoms with Gasteiger partial charge in [-0.15, -0.1) is 0 Å². The lowest BCUT2D eigenvalue weighted by Crippen LogP contribution is -2.14. The lowest BCUT2D eigenvalue weighted by Gasteiger charge is -2.06. The number of rotatable bonds is 7. The lowest BCUT2D eigenvalue weighted by atomic mass is 10.2. The van der Waals surface area contributed by atoms with E-state index in [9.17, 15) is 8.42 Å². The summed E-state index contributed by atoms with van der Waals surface area (Å²) in [7, 11) is -3.68. The molecule has 0 aliphatic carbocycles. The molecule has 0 aliphatic rings. The Bertz CT molecular complexity index is 692. The average Bonchev–Trinajstić information content (AvgIpc) is 2.88. The molecule has 1 heterocycles. The zero-order chi connectivity index (χ0) is 15.3. The van der Waals surface area contributed by atoms with Crippen LogP contribution in [0.25, 0.3) is 0 Å². The second-order valence-corrected chi connectivity index (χ2v) is 6.49. The van der Waals surface area contributed by atoms with Crippen LogP contribution in [0.1, 0.15) is 24.7 Å². The second kappa shape index (κ2) is 6.78. The Morgan fingerprint density at radius 1 is 1.19 bits per heavy atom. The summed E-state index contributed by atoms with van der Waals surface area (Å²) in [5.41, 5.74) is 1.51. The van der Waals surface area contributed by atoms with E-state index in [-0.39, 0.29) is 5.09 Å². The number of benzene rings is 1. The first-order valence-electron chi connectivity index (χ1n) is 6.90. The van der Waals surface area contributed by atoms with Crippen molar-refractivity contribution in [3.8, 4) is 0 Å². The number of nitrogens with one attached hydrogen (secondary N) is 2. The molecule has 2 N–H and O–H groups in total. The van der Waals surface area contributed by atoms with Crippen molar-refractivity contribution >= 4 is 15.7 Å². The zero-order valence-electron chi connectivity index (χ0n) is 12.2. The monoisotopic (exact) mass is 308 g/mol. The average molecular weight is 308 g/mol. The molecule has 0 aliphatic heterocycles. The number of hydrogen-bond acceptors (Lipinski definition) is 4. The third-order valence-electron chi connectivity index (χ3n) is 2.90. The van der Waals surface area contributed by atoms with Crippen molar-refractivity contribution in [2.24, 2.45) is 0 Å². The van der Waals surface area contributed by atoms with Gasteiger partial charge in [-0.05, 0) is 49.7 Å². The first kappa shape index (κ1) is 15.6. The van der Waals surface area contributed by atoms with Crippen LogP contribution in [0, 0.1) is 6.92 Å². The van der Waals surface area contributed by atoms with E-state index >= 15 is 0 Å². The van der Waals surface area contributed by atoms with Gasteiger partial charge in [0.1, 0.15) is 5.76 Å². The molecule has 0 atom stereocenters. The van der Waals surface area contributed by atoms with Crippen LogP contribution in [0.5, 0.6) is 0 Å². The fourth-order valence-electron chi connectivity index (χ4n) is 1.90. The maximum atomic E-state index is 12.2. The largest absolute Gasteiger partial charge is 0.446 e. The van der Waals surface area contributed by atoms with E-state index in [4.69, 9.17) is 4.42 Å². The minimum absolute atomic E-state index is 0.0719. The molecular formula is C15H20N2O3S. The van der Waals surface area contributed by atoms with Crippen LogP contribution in [0.3, 0.4) is 0 Å². The van der Waals surface area contributed by atoms with Crippen LogP contribution in [-0.4, -0.2) is 15.0 Å². The minimum atomic E-state index is -3.68. The fraction of sp³-hybridized carbons (Fsp3) is 0.333. The molecule has 2 aromatic rings. The summed E-state index contributed by atoms with van der Waals surface area (Å²) < 4.78 is 32.4. The van der Waals surface area contributed by atoms with Crippen molar-refractivity contribution < 1.29 is 12.8 Å². The minimum Gasteiger partial charge on any atom is -0.446 e. The lowest BCUT2D eigenvalue weighted by molar-refractivity contribution is 0.403. The van der Waals surface area contributed by atoms with E-state index in [1.54, 1.807) is 24.3 Å². The van der Waals surface area contributed by atoms with Gasteiger partial charge in [0, 0.05) is 5.69 Å². The molecule has 0 amide bonds. The van der Waals surface area contributed by atoms with E-state index in [1.165, 1.54) is 6.07 Å². The van der Waals surface area contributed by atoms with Crippen LogP contribution in [0.2, 0.25) is 0 Å². The molecule has 0 unspecified atom stereocenters. The van der Waals surface area contributed by atoms with Gasteiger partial charge in [-0.25, -0.2) is 0 Å². The van der Waals surface area contributed by atoms with Crippen molar-refractivity contribution in [1.82, 2.24) is 5.32 Å². The quantitative estimate of drug-likeness (QED) is 0.772. The van der Waals surface area contributed by atoms with Gasteiger partial charge in [-0.1, -0.05) is 19.1 Å². The normalized spacial score (nSPS) is 11.5. The molecule has 5 nitrogen and oxygen atoms in total. The van der Waals surface area contributed by atoms with Gasteiger partial charge in [0.25, 0.3) is 10.0 Å². The summed E-state index contributed by atoms with van der Waals surface area (Å²) in [5.74, 6) is 0.605. The molecule has 0 saturated heterocycles. The second-order valence-electron chi connectivity index (χ2n) is 4.87. The summed E-state index contributed by atoms with van der Waals surface area (Å²) in [4.78, 5) is 0. The van der Waals surface area contributed by atoms with Crippen molar-refractivity contribution in [2.75, 3.05) is 11.3 Å². The van der Waals surface area contributed by atoms with Gasteiger partial charge < -0.3 is 9.73 Å². The summed E-state index contributed by atoms with van der Waals surface area (Å²) in [6.07, 6.45) is 1.01. The predicted molar refractivity (Wildman–Crippen MR) is 82.7 cm³/mol. The molecule has 114 valence electrons. The van der Waals surface area contributed by atoms with Crippen LogP contribution in [-0.2, 0) is 16.6 Å². The third-order valence-corrected chi connectivity index (χ3v) is 4.15. The molecule has 21 heavy (non-hydrogen) atoms. The van der Waals surface area contributed by atoms with Gasteiger partial charge in [-0.2, -0.15) is 8.42 Å². The smallest absolute Gasteiger partial charge is 0.295 e. The number of anilines is 1. The van der Waals surface area contributed by atoms with E-state index < -0.39 is 10.0 Å². The van der Waals surface area contributed by atoms with Crippen LogP contribution < -0.4 is 10.0 Å². The zero-order valence-corrected chi connectivity index (χ0v) is 13.0. The van der Waals surface area contributed by atoms with Crippen molar-refractivity contribution in [3.63, 3.8) is 0 Å². The fourth-order valence-corrected chi connectivity index (χ4v) is 2.90. The van der Waals surface area contributed by atoms with E-state index in [2.05, 4.69) is 17.0 Å². The number of aryl methyl sites for hydroxylation is 1. The molecule has 1 aromatic carbocycles. The highest BCUT2D eigenvalue weighted by Crippen LogP contribution is 2.19. The molecular weight excluding hydrogens is 288 g/mol. The van der Waals surface area contributed by atoms with Crippen LogP contribution in [0.15, 0.2) is 45.9 Å². The molecule has 0 saturated carbocycles.